The van der Waals surface area contributed by atoms with Gasteiger partial charge in [-0.1, -0.05) is 23.2 Å². The number of hydrogen-bond acceptors (Lipinski definition) is 2. The second-order valence-corrected chi connectivity index (χ2v) is 4.64. The van der Waals surface area contributed by atoms with Crippen molar-refractivity contribution < 1.29 is 0 Å². The lowest BCUT2D eigenvalue weighted by atomic mass is 10.3. The van der Waals surface area contributed by atoms with Crippen LogP contribution in [0.15, 0.2) is 29.1 Å². The summed E-state index contributed by atoms with van der Waals surface area (Å²) < 4.78 is 0. The maximum atomic E-state index is 11.0. The normalized spacial score (nSPS) is 10.5. The number of aromatic nitrogens is 2. The maximum Gasteiger partial charge on any atom is 0.264 e. The first-order chi connectivity index (χ1) is 8.04. The highest BCUT2D eigenvalue weighted by atomic mass is 35.5. The number of H-pyrrole nitrogens is 2. The van der Waals surface area contributed by atoms with Crippen LogP contribution in [0, 0.1) is 0 Å². The van der Waals surface area contributed by atoms with Gasteiger partial charge in [0.05, 0.1) is 12.2 Å². The summed E-state index contributed by atoms with van der Waals surface area (Å²) in [5.41, 5.74) is 1.55. The zero-order chi connectivity index (χ0) is 12.4. The van der Waals surface area contributed by atoms with Crippen molar-refractivity contribution in [3.8, 4) is 0 Å². The standard InChI is InChI=1S/C11H11Cl2N3O/c1-16(6-9-5-11(17)15-14-9)10-3-7(12)2-8(13)4-10/h2-5H,6H2,1H3,(H2,14,15,17). The Morgan fingerprint density at radius 1 is 1.12 bits per heavy atom. The summed E-state index contributed by atoms with van der Waals surface area (Å²) in [6.45, 7) is 0.565. The molecule has 0 amide bonds. The van der Waals surface area contributed by atoms with Crippen LogP contribution >= 0.6 is 23.2 Å². The van der Waals surface area contributed by atoms with Crippen LogP contribution in [0.3, 0.4) is 0 Å². The molecule has 1 heterocycles. The van der Waals surface area contributed by atoms with E-state index < -0.39 is 0 Å². The Morgan fingerprint density at radius 3 is 2.29 bits per heavy atom. The predicted octanol–water partition coefficient (Wildman–Crippen LogP) is 2.65. The van der Waals surface area contributed by atoms with Crippen molar-refractivity contribution in [2.45, 2.75) is 6.54 Å². The molecular formula is C11H11Cl2N3O. The smallest absolute Gasteiger partial charge is 0.264 e. The van der Waals surface area contributed by atoms with Crippen molar-refractivity contribution >= 4 is 28.9 Å². The first-order valence-corrected chi connectivity index (χ1v) is 5.74. The Morgan fingerprint density at radius 2 is 1.76 bits per heavy atom. The van der Waals surface area contributed by atoms with Crippen molar-refractivity contribution in [3.05, 3.63) is 50.4 Å². The summed E-state index contributed by atoms with van der Waals surface area (Å²) in [4.78, 5) is 12.9. The molecule has 4 nitrogen and oxygen atoms in total. The van der Waals surface area contributed by atoms with E-state index in [0.29, 0.717) is 16.6 Å². The number of nitrogens with zero attached hydrogens (tertiary/aromatic N) is 1. The minimum atomic E-state index is -0.141. The first-order valence-electron chi connectivity index (χ1n) is 4.98. The van der Waals surface area contributed by atoms with Crippen LogP contribution in [0.2, 0.25) is 10.0 Å². The van der Waals surface area contributed by atoms with E-state index >= 15 is 0 Å². The predicted molar refractivity (Wildman–Crippen MR) is 70.0 cm³/mol. The Balaban J connectivity index is 2.19. The van der Waals surface area contributed by atoms with Gasteiger partial charge < -0.3 is 10.00 Å². The molecule has 0 fully saturated rings. The third kappa shape index (κ3) is 3.05. The monoisotopic (exact) mass is 271 g/mol. The number of hydrogen-bond donors (Lipinski definition) is 2. The highest BCUT2D eigenvalue weighted by molar-refractivity contribution is 6.35. The molecule has 0 atom stereocenters. The molecule has 17 heavy (non-hydrogen) atoms. The molecule has 0 aliphatic carbocycles. The zero-order valence-corrected chi connectivity index (χ0v) is 10.6. The van der Waals surface area contributed by atoms with Crippen LogP contribution in [0.5, 0.6) is 0 Å². The van der Waals surface area contributed by atoms with Crippen LogP contribution in [-0.2, 0) is 6.54 Å². The molecule has 2 aromatic rings. The minimum Gasteiger partial charge on any atom is -0.369 e. The van der Waals surface area contributed by atoms with Crippen molar-refractivity contribution in [2.24, 2.45) is 0 Å². The van der Waals surface area contributed by atoms with Crippen molar-refractivity contribution in [1.29, 1.82) is 0 Å². The highest BCUT2D eigenvalue weighted by Gasteiger charge is 2.06. The van der Waals surface area contributed by atoms with Gasteiger partial charge in [-0.25, -0.2) is 0 Å². The number of benzene rings is 1. The topological polar surface area (TPSA) is 51.9 Å². The number of rotatable bonds is 3. The number of halogens is 2. The van der Waals surface area contributed by atoms with Crippen LogP contribution < -0.4 is 10.5 Å². The quantitative estimate of drug-likeness (QED) is 0.902. The summed E-state index contributed by atoms with van der Waals surface area (Å²) in [5.74, 6) is 0. The van der Waals surface area contributed by atoms with Gasteiger partial charge in [-0.15, -0.1) is 0 Å². The Labute approximate surface area is 108 Å². The Bertz CT molecular complexity index is 556. The van der Waals surface area contributed by atoms with Crippen molar-refractivity contribution in [3.63, 3.8) is 0 Å². The SMILES string of the molecule is CN(Cc1cc(=O)[nH][nH]1)c1cc(Cl)cc(Cl)c1. The van der Waals surface area contributed by atoms with E-state index in [1.165, 1.54) is 6.07 Å². The van der Waals surface area contributed by atoms with E-state index in [1.807, 2.05) is 24.1 Å². The minimum absolute atomic E-state index is 0.141. The summed E-state index contributed by atoms with van der Waals surface area (Å²) in [6, 6.07) is 6.83. The van der Waals surface area contributed by atoms with Gasteiger partial charge in [0.15, 0.2) is 0 Å². The van der Waals surface area contributed by atoms with Gasteiger partial charge in [0, 0.05) is 28.8 Å². The molecule has 0 aliphatic heterocycles. The third-order valence-corrected chi connectivity index (χ3v) is 2.78. The average Bonchev–Trinajstić information content (AvgIpc) is 2.62. The molecule has 2 N–H and O–H groups in total. The Kier molecular flexibility index (Phi) is 3.45. The van der Waals surface area contributed by atoms with Gasteiger partial charge in [-0.05, 0) is 18.2 Å². The average molecular weight is 272 g/mol. The molecule has 6 heteroatoms. The lowest BCUT2D eigenvalue weighted by Crippen LogP contribution is -2.16. The van der Waals surface area contributed by atoms with Crippen LogP contribution in [0.4, 0.5) is 5.69 Å². The summed E-state index contributed by atoms with van der Waals surface area (Å²) in [7, 11) is 1.90. The van der Waals surface area contributed by atoms with Crippen LogP contribution in [0.1, 0.15) is 5.69 Å². The summed E-state index contributed by atoms with van der Waals surface area (Å²) in [6.07, 6.45) is 0. The maximum absolute atomic E-state index is 11.0. The highest BCUT2D eigenvalue weighted by Crippen LogP contribution is 2.25. The van der Waals surface area contributed by atoms with E-state index in [2.05, 4.69) is 10.2 Å². The summed E-state index contributed by atoms with van der Waals surface area (Å²) >= 11 is 11.9. The lowest BCUT2D eigenvalue weighted by molar-refractivity contribution is 0.868. The van der Waals surface area contributed by atoms with E-state index in [4.69, 9.17) is 23.2 Å². The zero-order valence-electron chi connectivity index (χ0n) is 9.13. The molecular weight excluding hydrogens is 261 g/mol. The van der Waals surface area contributed by atoms with Gasteiger partial charge in [0.25, 0.3) is 5.56 Å². The van der Waals surface area contributed by atoms with Crippen molar-refractivity contribution in [1.82, 2.24) is 10.2 Å². The molecule has 0 saturated carbocycles. The van der Waals surface area contributed by atoms with Gasteiger partial charge >= 0.3 is 0 Å². The van der Waals surface area contributed by atoms with Gasteiger partial charge in [-0.2, -0.15) is 0 Å². The van der Waals surface area contributed by atoms with Crippen LogP contribution in [-0.4, -0.2) is 17.2 Å². The van der Waals surface area contributed by atoms with E-state index in [0.717, 1.165) is 11.4 Å². The number of anilines is 1. The molecule has 0 unspecified atom stereocenters. The van der Waals surface area contributed by atoms with Gasteiger partial charge in [0.1, 0.15) is 0 Å². The van der Waals surface area contributed by atoms with Crippen LogP contribution in [0.25, 0.3) is 0 Å². The fraction of sp³-hybridized carbons (Fsp3) is 0.182. The lowest BCUT2D eigenvalue weighted by Gasteiger charge is -2.18. The second-order valence-electron chi connectivity index (χ2n) is 3.77. The van der Waals surface area contributed by atoms with E-state index in [9.17, 15) is 4.79 Å². The molecule has 0 radical (unpaired) electrons. The summed E-state index contributed by atoms with van der Waals surface area (Å²) in [5, 5.41) is 6.45. The molecule has 2 rings (SSSR count). The first kappa shape index (κ1) is 12.1. The fourth-order valence-corrected chi connectivity index (χ4v) is 2.08. The molecule has 0 spiro atoms. The Hall–Kier alpha value is -1.39. The molecule has 0 aliphatic rings. The number of nitrogens with one attached hydrogen (secondary N) is 2. The number of aromatic amines is 2. The molecule has 1 aromatic carbocycles. The second kappa shape index (κ2) is 4.85. The fourth-order valence-electron chi connectivity index (χ4n) is 1.56. The molecule has 90 valence electrons. The van der Waals surface area contributed by atoms with Crippen molar-refractivity contribution in [2.75, 3.05) is 11.9 Å². The van der Waals surface area contributed by atoms with E-state index in [1.54, 1.807) is 6.07 Å². The molecule has 1 aromatic heterocycles. The molecule has 0 saturated heterocycles. The largest absolute Gasteiger partial charge is 0.369 e. The van der Waals surface area contributed by atoms with E-state index in [-0.39, 0.29) is 5.56 Å². The molecule has 0 bridgehead atoms. The van der Waals surface area contributed by atoms with Gasteiger partial charge in [-0.3, -0.25) is 9.89 Å². The third-order valence-electron chi connectivity index (χ3n) is 2.35. The van der Waals surface area contributed by atoms with Gasteiger partial charge in [0.2, 0.25) is 0 Å².